The molecule has 0 nitrogen and oxygen atoms in total. The van der Waals surface area contributed by atoms with Gasteiger partial charge in [-0.2, -0.15) is 0 Å². The summed E-state index contributed by atoms with van der Waals surface area (Å²) in [6.07, 6.45) is 34.8. The summed E-state index contributed by atoms with van der Waals surface area (Å²) in [7, 11) is 0. The van der Waals surface area contributed by atoms with Crippen molar-refractivity contribution in [1.82, 2.24) is 0 Å². The molecule has 2 atom stereocenters. The van der Waals surface area contributed by atoms with Crippen molar-refractivity contribution in [3.63, 3.8) is 0 Å². The summed E-state index contributed by atoms with van der Waals surface area (Å²) in [6.45, 7) is 87.3. The smallest absolute Gasteiger partial charge is 0.0169 e. The van der Waals surface area contributed by atoms with Crippen molar-refractivity contribution in [2.45, 2.75) is 403 Å². The molecule has 0 spiro atoms. The van der Waals surface area contributed by atoms with Gasteiger partial charge in [-0.1, -0.05) is 320 Å². The van der Waals surface area contributed by atoms with E-state index >= 15 is 0 Å². The molecule has 7 fully saturated rings. The largest absolute Gasteiger partial charge is 0.0596 e. The number of hydrogen-bond acceptors (Lipinski definition) is 0. The lowest BCUT2D eigenvalue weighted by atomic mass is 9.45. The lowest BCUT2D eigenvalue weighted by Gasteiger charge is -2.60. The highest BCUT2D eigenvalue weighted by molar-refractivity contribution is 5.11. The minimum Gasteiger partial charge on any atom is -0.0596 e. The van der Waals surface area contributed by atoms with Gasteiger partial charge in [-0.3, -0.25) is 0 Å². The van der Waals surface area contributed by atoms with E-state index in [0.29, 0.717) is 97.5 Å². The molecule has 0 saturated heterocycles. The number of hydrogen-bond donors (Lipinski definition) is 0. The van der Waals surface area contributed by atoms with E-state index in [2.05, 4.69) is 249 Å². The molecular weight excluding hydrogens is 961 g/mol. The summed E-state index contributed by atoms with van der Waals surface area (Å²) >= 11 is 0. The first kappa shape index (κ1) is 76.1. The fourth-order valence-electron chi connectivity index (χ4n) is 22.5. The highest BCUT2D eigenvalue weighted by atomic mass is 14.7. The third-order valence-corrected chi connectivity index (χ3v) is 27.0. The summed E-state index contributed by atoms with van der Waals surface area (Å²) < 4.78 is 0. The van der Waals surface area contributed by atoms with E-state index in [0.717, 1.165) is 11.8 Å². The Kier molecular flexibility index (Phi) is 24.0. The van der Waals surface area contributed by atoms with Crippen LogP contribution in [0, 0.1) is 109 Å². The molecule has 7 aliphatic rings. The van der Waals surface area contributed by atoms with Gasteiger partial charge in [0.1, 0.15) is 0 Å². The number of rotatable bonds is 0. The van der Waals surface area contributed by atoms with Crippen molar-refractivity contribution in [2.75, 3.05) is 0 Å². The maximum atomic E-state index is 2.47. The van der Waals surface area contributed by atoms with Gasteiger partial charge in [0.25, 0.3) is 0 Å². The van der Waals surface area contributed by atoms with Gasteiger partial charge in [-0.15, -0.1) is 0 Å². The van der Waals surface area contributed by atoms with Gasteiger partial charge in [0, 0.05) is 0 Å². The van der Waals surface area contributed by atoms with Crippen LogP contribution < -0.4 is 0 Å². The van der Waals surface area contributed by atoms with E-state index in [1.54, 1.807) is 0 Å². The molecular formula is C80H158. The van der Waals surface area contributed by atoms with E-state index in [-0.39, 0.29) is 0 Å². The van der Waals surface area contributed by atoms with Crippen molar-refractivity contribution in [1.29, 1.82) is 0 Å². The molecule has 2 bridgehead atoms. The Morgan fingerprint density at radius 2 is 0.388 bits per heavy atom. The summed E-state index contributed by atoms with van der Waals surface area (Å²) in [5.41, 5.74) is 9.03. The van der Waals surface area contributed by atoms with Crippen LogP contribution in [0.5, 0.6) is 0 Å². The fourth-order valence-corrected chi connectivity index (χ4v) is 22.5. The number of fused-ring (bicyclic) bond motifs is 2. The molecule has 0 amide bonds. The predicted molar refractivity (Wildman–Crippen MR) is 366 cm³/mol. The molecule has 7 aliphatic carbocycles. The van der Waals surface area contributed by atoms with Gasteiger partial charge >= 0.3 is 0 Å². The normalized spacial score (nSPS) is 25.6. The van der Waals surface area contributed by atoms with Crippen molar-refractivity contribution in [3.8, 4) is 0 Å². The minimum absolute atomic E-state index is 0.440. The monoisotopic (exact) mass is 1120 g/mol. The van der Waals surface area contributed by atoms with Gasteiger partial charge in [0.15, 0.2) is 0 Å². The van der Waals surface area contributed by atoms with Crippen molar-refractivity contribution in [2.24, 2.45) is 109 Å². The topological polar surface area (TPSA) is 0 Å². The SMILES string of the molecule is CC(C)(C)C1(C(C)(C)C)CC1.CC(C)(C)C1(C(C)(C)C)CC2CCC1C2.CC(C)(C)C1(C(C)(C)C)CCC1.CC(C)(C)C1(C(C)(C)C)CCCC1.CC(C)(C)C1(C(C)(C)C)CCCCC1.CC(C)(C)C1(C(C)(C)C)CCCCCC1. The van der Waals surface area contributed by atoms with Crippen LogP contribution >= 0.6 is 0 Å². The Hall–Kier alpha value is 0. The molecule has 0 heteroatoms. The van der Waals surface area contributed by atoms with E-state index in [9.17, 15) is 0 Å². The fraction of sp³-hybridized carbons (Fsp3) is 1.00. The van der Waals surface area contributed by atoms with Crippen molar-refractivity contribution in [3.05, 3.63) is 0 Å². The summed E-state index contributed by atoms with van der Waals surface area (Å²) in [6, 6.07) is 0. The summed E-state index contributed by atoms with van der Waals surface area (Å²) in [5.74, 6) is 2.05. The Morgan fingerprint density at radius 3 is 0.500 bits per heavy atom. The Balaban J connectivity index is 0.000000329. The highest BCUT2D eigenvalue weighted by Crippen LogP contribution is 2.71. The first-order valence-corrected chi connectivity index (χ1v) is 35.2. The van der Waals surface area contributed by atoms with Crippen LogP contribution in [0.4, 0.5) is 0 Å². The van der Waals surface area contributed by atoms with Crippen molar-refractivity contribution >= 4 is 0 Å². The molecule has 478 valence electrons. The van der Waals surface area contributed by atoms with Gasteiger partial charge in [0.05, 0.1) is 0 Å². The molecule has 0 N–H and O–H groups in total. The maximum Gasteiger partial charge on any atom is -0.0169 e. The third kappa shape index (κ3) is 15.8. The molecule has 0 radical (unpaired) electrons. The minimum atomic E-state index is 0.440. The van der Waals surface area contributed by atoms with Gasteiger partial charge in [0.2, 0.25) is 0 Å². The van der Waals surface area contributed by atoms with E-state index in [1.165, 1.54) is 154 Å². The van der Waals surface area contributed by atoms with E-state index in [1.807, 2.05) is 0 Å². The Labute approximate surface area is 510 Å². The van der Waals surface area contributed by atoms with E-state index < -0.39 is 0 Å². The second-order valence-corrected chi connectivity index (χ2v) is 42.0. The van der Waals surface area contributed by atoms with Crippen molar-refractivity contribution < 1.29 is 0 Å². The second-order valence-electron chi connectivity index (χ2n) is 42.0. The van der Waals surface area contributed by atoms with Crippen LogP contribution in [-0.2, 0) is 0 Å². The molecule has 7 saturated carbocycles. The van der Waals surface area contributed by atoms with Crippen LogP contribution in [0.1, 0.15) is 403 Å². The highest BCUT2D eigenvalue weighted by Gasteiger charge is 2.62. The van der Waals surface area contributed by atoms with Crippen LogP contribution in [0.25, 0.3) is 0 Å². The van der Waals surface area contributed by atoms with Crippen LogP contribution in [-0.4, -0.2) is 0 Å². The molecule has 0 aromatic rings. The lowest BCUT2D eigenvalue weighted by molar-refractivity contribution is -0.100. The van der Waals surface area contributed by atoms with Gasteiger partial charge < -0.3 is 0 Å². The zero-order valence-corrected chi connectivity index (χ0v) is 63.1. The molecule has 0 aromatic heterocycles. The Bertz CT molecular complexity index is 1710. The molecule has 7 rings (SSSR count). The molecule has 0 heterocycles. The second kappa shape index (κ2) is 25.2. The summed E-state index contributed by atoms with van der Waals surface area (Å²) in [5, 5.41) is 0. The maximum absolute atomic E-state index is 2.47. The first-order valence-electron chi connectivity index (χ1n) is 35.2. The molecule has 80 heavy (non-hydrogen) atoms. The quantitative estimate of drug-likeness (QED) is 0.212. The zero-order valence-electron chi connectivity index (χ0n) is 63.1. The van der Waals surface area contributed by atoms with Crippen LogP contribution in [0.3, 0.4) is 0 Å². The van der Waals surface area contributed by atoms with Gasteiger partial charge in [-0.25, -0.2) is 0 Å². The standard InChI is InChI=1S/C15H28.C15H30.C14H28.C13H26.C12H24.C11H22/c1-13(2,3)15(14(4,5)6)10-11-7-8-12(15)9-11;1-13(2,3)15(14(4,5)6)11-9-7-8-10-12-15;1-12(2,3)14(13(4,5)6)10-8-7-9-11-14;1-11(2,3)13(12(4,5)6)9-7-8-10-13;1-10(2,3)12(8-7-9-12)11(4,5)6;1-9(2,3)11(7-8-11)10(4,5)6/h11-12H,7-10H2,1-6H3;7-12H2,1-6H3;7-11H2,1-6H3;7-10H2,1-6H3;7-9H2,1-6H3;7-8H2,1-6H3. The van der Waals surface area contributed by atoms with E-state index in [4.69, 9.17) is 0 Å². The first-order chi connectivity index (χ1) is 35.2. The van der Waals surface area contributed by atoms with Crippen LogP contribution in [0.2, 0.25) is 0 Å². The molecule has 2 unspecified atom stereocenters. The third-order valence-electron chi connectivity index (χ3n) is 27.0. The average molecular weight is 1120 g/mol. The summed E-state index contributed by atoms with van der Waals surface area (Å²) in [4.78, 5) is 0. The lowest BCUT2D eigenvalue weighted by Crippen LogP contribution is -2.51. The average Bonchev–Trinajstić information content (AvgIpc) is 3.59. The Morgan fingerprint density at radius 1 is 0.200 bits per heavy atom. The zero-order chi connectivity index (χ0) is 63.1. The molecule has 0 aromatic carbocycles. The van der Waals surface area contributed by atoms with Crippen LogP contribution in [0.15, 0.2) is 0 Å². The molecule has 0 aliphatic heterocycles. The van der Waals surface area contributed by atoms with Gasteiger partial charge in [-0.05, 0) is 193 Å². The predicted octanol–water partition coefficient (Wildman–Crippen LogP) is 28.1.